The lowest BCUT2D eigenvalue weighted by Crippen LogP contribution is -2.47. The summed E-state index contributed by atoms with van der Waals surface area (Å²) in [7, 11) is 0. The average molecular weight is 379 g/mol. The van der Waals surface area contributed by atoms with Crippen molar-refractivity contribution in [3.8, 4) is 0 Å². The van der Waals surface area contributed by atoms with Gasteiger partial charge in [0, 0.05) is 50.8 Å². The number of nitrogens with one attached hydrogen (secondary N) is 1. The standard InChI is InChI=1S/C20H22FN7/c21-16-3-5-17(6-4-16)27-8-10-28(11-9-27)20-18(22)19(25-14-26-20)24-13-15-2-1-7-23-12-15/h1-7,12,14H,8-11,13,22H2,(H,24,25,26). The van der Waals surface area contributed by atoms with Crippen molar-refractivity contribution in [1.29, 1.82) is 0 Å². The maximum atomic E-state index is 13.1. The van der Waals surface area contributed by atoms with Gasteiger partial charge in [-0.05, 0) is 35.9 Å². The highest BCUT2D eigenvalue weighted by atomic mass is 19.1. The Kier molecular flexibility index (Phi) is 5.18. The third kappa shape index (κ3) is 3.95. The molecule has 0 atom stereocenters. The Balaban J connectivity index is 1.41. The Hall–Kier alpha value is -3.42. The van der Waals surface area contributed by atoms with Gasteiger partial charge in [0.15, 0.2) is 11.6 Å². The SMILES string of the molecule is Nc1c(NCc2cccnc2)ncnc1N1CCN(c2ccc(F)cc2)CC1. The second kappa shape index (κ2) is 8.08. The van der Waals surface area contributed by atoms with Gasteiger partial charge in [0.05, 0.1) is 0 Å². The molecule has 1 aromatic carbocycles. The molecule has 3 aromatic rings. The number of pyridine rings is 1. The van der Waals surface area contributed by atoms with E-state index in [2.05, 4.69) is 30.1 Å². The van der Waals surface area contributed by atoms with Crippen LogP contribution < -0.4 is 20.9 Å². The monoisotopic (exact) mass is 379 g/mol. The number of benzene rings is 1. The van der Waals surface area contributed by atoms with E-state index in [1.165, 1.54) is 18.5 Å². The molecule has 0 radical (unpaired) electrons. The van der Waals surface area contributed by atoms with Gasteiger partial charge in [-0.25, -0.2) is 14.4 Å². The molecule has 1 saturated heterocycles. The summed E-state index contributed by atoms with van der Waals surface area (Å²) >= 11 is 0. The third-order valence-electron chi connectivity index (χ3n) is 4.82. The first-order valence-electron chi connectivity index (χ1n) is 9.19. The quantitative estimate of drug-likeness (QED) is 0.705. The summed E-state index contributed by atoms with van der Waals surface area (Å²) in [5.41, 5.74) is 8.96. The molecule has 144 valence electrons. The van der Waals surface area contributed by atoms with Crippen LogP contribution in [0, 0.1) is 5.82 Å². The van der Waals surface area contributed by atoms with Crippen molar-refractivity contribution in [2.24, 2.45) is 0 Å². The van der Waals surface area contributed by atoms with E-state index in [-0.39, 0.29) is 5.82 Å². The largest absolute Gasteiger partial charge is 0.393 e. The summed E-state index contributed by atoms with van der Waals surface area (Å²) in [4.78, 5) is 17.2. The van der Waals surface area contributed by atoms with Crippen LogP contribution in [0.3, 0.4) is 0 Å². The molecular weight excluding hydrogens is 357 g/mol. The molecule has 2 aromatic heterocycles. The predicted molar refractivity (Wildman–Crippen MR) is 109 cm³/mol. The highest BCUT2D eigenvalue weighted by Gasteiger charge is 2.21. The number of nitrogens with zero attached hydrogens (tertiary/aromatic N) is 5. The van der Waals surface area contributed by atoms with Crippen LogP contribution in [-0.4, -0.2) is 41.1 Å². The Morgan fingerprint density at radius 1 is 1.00 bits per heavy atom. The minimum atomic E-state index is -0.220. The molecule has 28 heavy (non-hydrogen) atoms. The molecule has 3 N–H and O–H groups in total. The summed E-state index contributed by atoms with van der Waals surface area (Å²) in [6.07, 6.45) is 5.08. The van der Waals surface area contributed by atoms with Gasteiger partial charge in [-0.1, -0.05) is 6.07 Å². The second-order valence-electron chi connectivity index (χ2n) is 6.62. The van der Waals surface area contributed by atoms with E-state index in [0.717, 1.165) is 43.2 Å². The Bertz CT molecular complexity index is 910. The van der Waals surface area contributed by atoms with Crippen molar-refractivity contribution in [3.63, 3.8) is 0 Å². The minimum absolute atomic E-state index is 0.220. The summed E-state index contributed by atoms with van der Waals surface area (Å²) in [6, 6.07) is 10.5. The van der Waals surface area contributed by atoms with Crippen LogP contribution in [0.4, 0.5) is 27.4 Å². The fourth-order valence-electron chi connectivity index (χ4n) is 3.30. The van der Waals surface area contributed by atoms with Crippen LogP contribution in [0.2, 0.25) is 0 Å². The van der Waals surface area contributed by atoms with Crippen molar-refractivity contribution in [2.75, 3.05) is 47.0 Å². The molecule has 8 heteroatoms. The number of piperazine rings is 1. The average Bonchev–Trinajstić information content (AvgIpc) is 2.75. The summed E-state index contributed by atoms with van der Waals surface area (Å²) < 4.78 is 13.1. The number of aromatic nitrogens is 3. The predicted octanol–water partition coefficient (Wildman–Crippen LogP) is 2.53. The maximum Gasteiger partial charge on any atom is 0.157 e. The van der Waals surface area contributed by atoms with Crippen molar-refractivity contribution in [1.82, 2.24) is 15.0 Å². The van der Waals surface area contributed by atoms with Crippen molar-refractivity contribution in [2.45, 2.75) is 6.54 Å². The molecule has 7 nitrogen and oxygen atoms in total. The van der Waals surface area contributed by atoms with E-state index in [4.69, 9.17) is 5.73 Å². The number of hydrogen-bond acceptors (Lipinski definition) is 7. The molecule has 4 rings (SSSR count). The molecule has 1 aliphatic heterocycles. The number of nitrogen functional groups attached to an aromatic ring is 1. The zero-order chi connectivity index (χ0) is 19.3. The van der Waals surface area contributed by atoms with Crippen molar-refractivity contribution in [3.05, 3.63) is 66.5 Å². The van der Waals surface area contributed by atoms with Crippen LogP contribution >= 0.6 is 0 Å². The van der Waals surface area contributed by atoms with Crippen LogP contribution in [-0.2, 0) is 6.54 Å². The van der Waals surface area contributed by atoms with Gasteiger partial charge in [0.25, 0.3) is 0 Å². The lowest BCUT2D eigenvalue weighted by Gasteiger charge is -2.37. The van der Waals surface area contributed by atoms with Crippen LogP contribution in [0.1, 0.15) is 5.56 Å². The first-order chi connectivity index (χ1) is 13.7. The lowest BCUT2D eigenvalue weighted by atomic mass is 10.2. The van der Waals surface area contributed by atoms with Gasteiger partial charge < -0.3 is 20.9 Å². The normalized spacial score (nSPS) is 14.2. The number of rotatable bonds is 5. The molecular formula is C20H22FN7. The van der Waals surface area contributed by atoms with Crippen LogP contribution in [0.15, 0.2) is 55.1 Å². The smallest absolute Gasteiger partial charge is 0.157 e. The van der Waals surface area contributed by atoms with Crippen molar-refractivity contribution < 1.29 is 4.39 Å². The van der Waals surface area contributed by atoms with E-state index in [0.29, 0.717) is 18.1 Å². The second-order valence-corrected chi connectivity index (χ2v) is 6.62. The molecule has 0 saturated carbocycles. The van der Waals surface area contributed by atoms with Gasteiger partial charge in [0.2, 0.25) is 0 Å². The summed E-state index contributed by atoms with van der Waals surface area (Å²) in [5, 5.41) is 3.26. The van der Waals surface area contributed by atoms with Crippen LogP contribution in [0.5, 0.6) is 0 Å². The zero-order valence-corrected chi connectivity index (χ0v) is 15.4. The minimum Gasteiger partial charge on any atom is -0.393 e. The molecule has 0 bridgehead atoms. The number of nitrogens with two attached hydrogens (primary N) is 1. The highest BCUT2D eigenvalue weighted by Crippen LogP contribution is 2.28. The maximum absolute atomic E-state index is 13.1. The van der Waals surface area contributed by atoms with Gasteiger partial charge in [0.1, 0.15) is 17.8 Å². The van der Waals surface area contributed by atoms with E-state index in [1.807, 2.05) is 24.3 Å². The summed E-state index contributed by atoms with van der Waals surface area (Å²) in [6.45, 7) is 3.77. The molecule has 3 heterocycles. The van der Waals surface area contributed by atoms with E-state index in [1.54, 1.807) is 12.4 Å². The fourth-order valence-corrected chi connectivity index (χ4v) is 3.30. The molecule has 1 aliphatic rings. The Labute approximate surface area is 163 Å². The lowest BCUT2D eigenvalue weighted by molar-refractivity contribution is 0.624. The number of anilines is 4. The fraction of sp³-hybridized carbons (Fsp3) is 0.250. The molecule has 0 amide bonds. The third-order valence-corrected chi connectivity index (χ3v) is 4.82. The topological polar surface area (TPSA) is 83.2 Å². The molecule has 0 unspecified atom stereocenters. The summed E-state index contributed by atoms with van der Waals surface area (Å²) in [5.74, 6) is 1.14. The van der Waals surface area contributed by atoms with Crippen LogP contribution in [0.25, 0.3) is 0 Å². The van der Waals surface area contributed by atoms with E-state index in [9.17, 15) is 4.39 Å². The van der Waals surface area contributed by atoms with Crippen molar-refractivity contribution >= 4 is 23.0 Å². The Morgan fingerprint density at radius 2 is 1.75 bits per heavy atom. The zero-order valence-electron chi connectivity index (χ0n) is 15.4. The van der Waals surface area contributed by atoms with Gasteiger partial charge in [-0.2, -0.15) is 0 Å². The molecule has 0 spiro atoms. The number of hydrogen-bond donors (Lipinski definition) is 2. The first-order valence-corrected chi connectivity index (χ1v) is 9.19. The molecule has 0 aliphatic carbocycles. The number of halogens is 1. The molecule has 1 fully saturated rings. The van der Waals surface area contributed by atoms with Gasteiger partial charge in [-0.3, -0.25) is 4.98 Å². The Morgan fingerprint density at radius 3 is 2.46 bits per heavy atom. The van der Waals surface area contributed by atoms with Gasteiger partial charge >= 0.3 is 0 Å². The first kappa shape index (κ1) is 18.0. The van der Waals surface area contributed by atoms with E-state index < -0.39 is 0 Å². The van der Waals surface area contributed by atoms with Gasteiger partial charge in [-0.15, -0.1) is 0 Å². The van der Waals surface area contributed by atoms with E-state index >= 15 is 0 Å². The highest BCUT2D eigenvalue weighted by molar-refractivity contribution is 5.75.